The predicted molar refractivity (Wildman–Crippen MR) is 87.3 cm³/mol. The standard InChI is InChI=1S/C19H30F4O/c1-2-3-14-4-6-15(7-5-14)8-9-16-10-11-18(24-13-16)17(20)12-19(21,22)23/h12,14-16,18H,2-11,13H2,1H3. The molecule has 0 aromatic carbocycles. The summed E-state index contributed by atoms with van der Waals surface area (Å²) < 4.78 is 55.4. The van der Waals surface area contributed by atoms with Crippen LogP contribution in [-0.2, 0) is 4.74 Å². The van der Waals surface area contributed by atoms with Gasteiger partial charge in [-0.25, -0.2) is 4.39 Å². The zero-order chi connectivity index (χ0) is 17.6. The first kappa shape index (κ1) is 19.7. The average molecular weight is 350 g/mol. The van der Waals surface area contributed by atoms with Crippen LogP contribution in [-0.4, -0.2) is 18.9 Å². The second-order valence-corrected chi connectivity index (χ2v) is 7.59. The summed E-state index contributed by atoms with van der Waals surface area (Å²) in [4.78, 5) is 0. The SMILES string of the molecule is CCCC1CCC(CCC2CCC(C(F)=CC(F)(F)F)OC2)CC1. The second-order valence-electron chi connectivity index (χ2n) is 7.59. The maximum absolute atomic E-state index is 13.5. The van der Waals surface area contributed by atoms with Crippen LogP contribution in [0, 0.1) is 17.8 Å². The molecule has 2 rings (SSSR count). The summed E-state index contributed by atoms with van der Waals surface area (Å²) >= 11 is 0. The molecule has 0 bridgehead atoms. The largest absolute Gasteiger partial charge is 0.412 e. The van der Waals surface area contributed by atoms with Crippen molar-refractivity contribution in [2.24, 2.45) is 17.8 Å². The molecule has 5 heteroatoms. The minimum Gasteiger partial charge on any atom is -0.371 e. The van der Waals surface area contributed by atoms with Gasteiger partial charge in [0, 0.05) is 0 Å². The Balaban J connectivity index is 1.64. The van der Waals surface area contributed by atoms with Gasteiger partial charge in [0.1, 0.15) is 11.9 Å². The third-order valence-corrected chi connectivity index (χ3v) is 5.63. The number of allylic oxidation sites excluding steroid dienone is 1. The summed E-state index contributed by atoms with van der Waals surface area (Å²) in [5, 5.41) is 0. The van der Waals surface area contributed by atoms with E-state index in [2.05, 4.69) is 6.92 Å². The normalized spacial score (nSPS) is 32.8. The highest BCUT2D eigenvalue weighted by atomic mass is 19.4. The molecule has 0 aromatic heterocycles. The molecule has 1 aliphatic carbocycles. The fourth-order valence-corrected chi connectivity index (χ4v) is 4.19. The lowest BCUT2D eigenvalue weighted by Gasteiger charge is -2.31. The summed E-state index contributed by atoms with van der Waals surface area (Å²) in [6.45, 7) is 2.63. The van der Waals surface area contributed by atoms with Crippen LogP contribution < -0.4 is 0 Å². The summed E-state index contributed by atoms with van der Waals surface area (Å²) in [5.41, 5.74) is 0. The van der Waals surface area contributed by atoms with Crippen molar-refractivity contribution >= 4 is 0 Å². The molecule has 0 radical (unpaired) electrons. The highest BCUT2D eigenvalue weighted by Crippen LogP contribution is 2.36. The molecular weight excluding hydrogens is 320 g/mol. The van der Waals surface area contributed by atoms with E-state index in [9.17, 15) is 17.6 Å². The number of alkyl halides is 3. The van der Waals surface area contributed by atoms with E-state index in [1.807, 2.05) is 0 Å². The Kier molecular flexibility index (Phi) is 7.58. The van der Waals surface area contributed by atoms with Gasteiger partial charge in [0.2, 0.25) is 0 Å². The van der Waals surface area contributed by atoms with E-state index < -0.39 is 18.1 Å². The molecule has 2 atom stereocenters. The van der Waals surface area contributed by atoms with Gasteiger partial charge in [0.05, 0.1) is 12.7 Å². The Labute approximate surface area is 142 Å². The zero-order valence-electron chi connectivity index (χ0n) is 14.6. The first-order valence-electron chi connectivity index (χ1n) is 9.44. The Hall–Kier alpha value is -0.580. The van der Waals surface area contributed by atoms with Crippen molar-refractivity contribution in [3.63, 3.8) is 0 Å². The maximum atomic E-state index is 13.5. The first-order valence-corrected chi connectivity index (χ1v) is 9.44. The molecule has 2 aliphatic rings. The summed E-state index contributed by atoms with van der Waals surface area (Å²) in [5.74, 6) is 0.884. The quantitative estimate of drug-likeness (QED) is 0.491. The molecule has 1 aliphatic heterocycles. The molecule has 140 valence electrons. The molecule has 1 saturated carbocycles. The Bertz CT molecular complexity index is 389. The van der Waals surface area contributed by atoms with Crippen LogP contribution in [0.25, 0.3) is 0 Å². The fraction of sp³-hybridized carbons (Fsp3) is 0.895. The molecule has 1 heterocycles. The molecule has 1 saturated heterocycles. The van der Waals surface area contributed by atoms with Gasteiger partial charge in [-0.05, 0) is 37.0 Å². The topological polar surface area (TPSA) is 9.23 Å². The molecule has 0 amide bonds. The average Bonchev–Trinajstić information content (AvgIpc) is 2.53. The predicted octanol–water partition coefficient (Wildman–Crippen LogP) is 6.58. The maximum Gasteiger partial charge on any atom is 0.412 e. The van der Waals surface area contributed by atoms with Crippen LogP contribution in [0.5, 0.6) is 0 Å². The molecular formula is C19H30F4O. The first-order chi connectivity index (χ1) is 11.4. The van der Waals surface area contributed by atoms with Crippen LogP contribution in [0.1, 0.15) is 71.1 Å². The fourth-order valence-electron chi connectivity index (χ4n) is 4.19. The van der Waals surface area contributed by atoms with Crippen LogP contribution in [0.4, 0.5) is 17.6 Å². The van der Waals surface area contributed by atoms with Crippen LogP contribution >= 0.6 is 0 Å². The second kappa shape index (κ2) is 9.21. The molecule has 2 fully saturated rings. The number of rotatable bonds is 6. The molecule has 0 aromatic rings. The lowest BCUT2D eigenvalue weighted by atomic mass is 9.77. The Morgan fingerprint density at radius 1 is 0.917 bits per heavy atom. The van der Waals surface area contributed by atoms with E-state index in [0.717, 1.165) is 24.7 Å². The number of halogens is 4. The van der Waals surface area contributed by atoms with Crippen molar-refractivity contribution < 1.29 is 22.3 Å². The van der Waals surface area contributed by atoms with Crippen LogP contribution in [0.2, 0.25) is 0 Å². The highest BCUT2D eigenvalue weighted by Gasteiger charge is 2.31. The van der Waals surface area contributed by atoms with Crippen molar-refractivity contribution in [2.75, 3.05) is 6.61 Å². The van der Waals surface area contributed by atoms with Gasteiger partial charge in [-0.1, -0.05) is 51.9 Å². The third-order valence-electron chi connectivity index (χ3n) is 5.63. The summed E-state index contributed by atoms with van der Waals surface area (Å²) in [6.07, 6.45) is 5.38. The smallest absolute Gasteiger partial charge is 0.371 e. The van der Waals surface area contributed by atoms with Gasteiger partial charge in [0.25, 0.3) is 0 Å². The van der Waals surface area contributed by atoms with Gasteiger partial charge in [-0.2, -0.15) is 13.2 Å². The lowest BCUT2D eigenvalue weighted by molar-refractivity contribution is -0.0847. The number of ether oxygens (including phenoxy) is 1. The van der Waals surface area contributed by atoms with Crippen LogP contribution in [0.15, 0.2) is 11.9 Å². The van der Waals surface area contributed by atoms with Crippen molar-refractivity contribution in [1.82, 2.24) is 0 Å². The van der Waals surface area contributed by atoms with E-state index in [1.165, 1.54) is 44.9 Å². The summed E-state index contributed by atoms with van der Waals surface area (Å²) in [7, 11) is 0. The van der Waals surface area contributed by atoms with Crippen molar-refractivity contribution in [2.45, 2.75) is 83.4 Å². The van der Waals surface area contributed by atoms with Gasteiger partial charge in [-0.3, -0.25) is 0 Å². The third kappa shape index (κ3) is 6.73. The van der Waals surface area contributed by atoms with Gasteiger partial charge in [0.15, 0.2) is 0 Å². The minimum absolute atomic E-state index is 0.271. The van der Waals surface area contributed by atoms with Crippen molar-refractivity contribution in [3.05, 3.63) is 11.9 Å². The van der Waals surface area contributed by atoms with E-state index in [1.54, 1.807) is 0 Å². The molecule has 1 nitrogen and oxygen atoms in total. The van der Waals surface area contributed by atoms with E-state index in [4.69, 9.17) is 4.74 Å². The van der Waals surface area contributed by atoms with E-state index in [0.29, 0.717) is 18.9 Å². The minimum atomic E-state index is -4.61. The Morgan fingerprint density at radius 3 is 1.96 bits per heavy atom. The zero-order valence-corrected chi connectivity index (χ0v) is 14.6. The monoisotopic (exact) mass is 350 g/mol. The molecule has 0 N–H and O–H groups in total. The molecule has 0 spiro atoms. The van der Waals surface area contributed by atoms with Crippen molar-refractivity contribution in [1.29, 1.82) is 0 Å². The van der Waals surface area contributed by atoms with E-state index >= 15 is 0 Å². The van der Waals surface area contributed by atoms with Gasteiger partial charge < -0.3 is 4.74 Å². The molecule has 2 unspecified atom stereocenters. The molecule has 24 heavy (non-hydrogen) atoms. The Morgan fingerprint density at radius 2 is 1.46 bits per heavy atom. The number of hydrogen-bond acceptors (Lipinski definition) is 1. The van der Waals surface area contributed by atoms with Gasteiger partial charge in [-0.15, -0.1) is 0 Å². The van der Waals surface area contributed by atoms with E-state index in [-0.39, 0.29) is 6.08 Å². The summed E-state index contributed by atoms with van der Waals surface area (Å²) in [6, 6.07) is 0. The number of hydrogen-bond donors (Lipinski definition) is 0. The lowest BCUT2D eigenvalue weighted by Crippen LogP contribution is -2.27. The van der Waals surface area contributed by atoms with Gasteiger partial charge >= 0.3 is 6.18 Å². The van der Waals surface area contributed by atoms with Crippen LogP contribution in [0.3, 0.4) is 0 Å². The van der Waals surface area contributed by atoms with Crippen molar-refractivity contribution in [3.8, 4) is 0 Å². The highest BCUT2D eigenvalue weighted by molar-refractivity contribution is 5.04.